The summed E-state index contributed by atoms with van der Waals surface area (Å²) in [6, 6.07) is 0.000312. The summed E-state index contributed by atoms with van der Waals surface area (Å²) in [5.41, 5.74) is 5.68. The molecule has 0 bridgehead atoms. The molecule has 1 aliphatic rings. The van der Waals surface area contributed by atoms with Crippen molar-refractivity contribution in [1.82, 2.24) is 8.61 Å². The average molecular weight is 258 g/mol. The number of nitrogens with two attached hydrogens (primary N) is 1. The first-order valence-corrected chi connectivity index (χ1v) is 6.42. The summed E-state index contributed by atoms with van der Waals surface area (Å²) in [7, 11) is -3.25. The van der Waals surface area contributed by atoms with E-state index in [1.54, 1.807) is 0 Å². The lowest BCUT2D eigenvalue weighted by molar-refractivity contribution is 0.378. The van der Waals surface area contributed by atoms with Gasteiger partial charge in [-0.2, -0.15) is 17.0 Å². The third-order valence-corrected chi connectivity index (χ3v) is 4.70. The zero-order valence-corrected chi connectivity index (χ0v) is 10.9. The van der Waals surface area contributed by atoms with E-state index in [1.807, 2.05) is 13.8 Å². The van der Waals surface area contributed by atoms with Crippen molar-refractivity contribution in [3.05, 3.63) is 0 Å². The Morgan fingerprint density at radius 1 is 1.40 bits per heavy atom. The lowest BCUT2D eigenvalue weighted by Gasteiger charge is -2.24. The Bertz CT molecular complexity index is 280. The molecule has 0 aromatic carbocycles. The van der Waals surface area contributed by atoms with E-state index in [2.05, 4.69) is 0 Å². The monoisotopic (exact) mass is 257 g/mol. The molecular formula is C8H20ClN3O2S. The maximum absolute atomic E-state index is 11.9. The van der Waals surface area contributed by atoms with Crippen LogP contribution in [0.2, 0.25) is 0 Å². The highest BCUT2D eigenvalue weighted by Gasteiger charge is 2.32. The molecule has 5 nitrogen and oxygen atoms in total. The van der Waals surface area contributed by atoms with Gasteiger partial charge in [-0.25, -0.2) is 0 Å². The van der Waals surface area contributed by atoms with Crippen LogP contribution in [0.15, 0.2) is 0 Å². The van der Waals surface area contributed by atoms with Crippen LogP contribution in [-0.2, 0) is 10.2 Å². The van der Waals surface area contributed by atoms with Gasteiger partial charge in [-0.1, -0.05) is 13.8 Å². The van der Waals surface area contributed by atoms with E-state index < -0.39 is 10.2 Å². The summed E-state index contributed by atoms with van der Waals surface area (Å²) in [5.74, 6) is 0. The minimum atomic E-state index is -3.25. The molecule has 1 fully saturated rings. The van der Waals surface area contributed by atoms with Crippen molar-refractivity contribution in [3.8, 4) is 0 Å². The Morgan fingerprint density at radius 3 is 2.27 bits per heavy atom. The molecule has 7 heteroatoms. The van der Waals surface area contributed by atoms with Crippen molar-refractivity contribution in [2.75, 3.05) is 26.2 Å². The standard InChI is InChI=1S/C8H19N3O2S.ClH/c1-3-10(4-2)14(12,13)11-6-5-8(9)7-11;/h8H,3-7,9H2,1-2H3;1H. The van der Waals surface area contributed by atoms with Crippen molar-refractivity contribution < 1.29 is 8.42 Å². The second-order valence-corrected chi connectivity index (χ2v) is 5.43. The molecule has 0 aromatic heterocycles. The van der Waals surface area contributed by atoms with Gasteiger partial charge in [0.15, 0.2) is 0 Å². The van der Waals surface area contributed by atoms with Crippen LogP contribution >= 0.6 is 12.4 Å². The van der Waals surface area contributed by atoms with Crippen LogP contribution in [0, 0.1) is 0 Å². The van der Waals surface area contributed by atoms with Gasteiger partial charge in [0.25, 0.3) is 10.2 Å². The molecule has 1 unspecified atom stereocenters. The number of nitrogens with zero attached hydrogens (tertiary/aromatic N) is 2. The predicted molar refractivity (Wildman–Crippen MR) is 63.3 cm³/mol. The molecule has 1 rings (SSSR count). The number of halogens is 1. The number of hydrogen-bond acceptors (Lipinski definition) is 3. The smallest absolute Gasteiger partial charge is 0.282 e. The van der Waals surface area contributed by atoms with Crippen LogP contribution in [0.3, 0.4) is 0 Å². The third kappa shape index (κ3) is 3.29. The number of rotatable bonds is 4. The van der Waals surface area contributed by atoms with Crippen molar-refractivity contribution in [2.45, 2.75) is 26.3 Å². The summed E-state index contributed by atoms with van der Waals surface area (Å²) in [6.45, 7) is 5.74. The van der Waals surface area contributed by atoms with Gasteiger partial charge >= 0.3 is 0 Å². The summed E-state index contributed by atoms with van der Waals surface area (Å²) >= 11 is 0. The predicted octanol–water partition coefficient (Wildman–Crippen LogP) is 0.0278. The Balaban J connectivity index is 0.00000196. The van der Waals surface area contributed by atoms with Crippen LogP contribution in [0.25, 0.3) is 0 Å². The average Bonchev–Trinajstić information content (AvgIpc) is 2.54. The fraction of sp³-hybridized carbons (Fsp3) is 1.00. The third-order valence-electron chi connectivity index (χ3n) is 2.55. The van der Waals surface area contributed by atoms with Gasteiger partial charge in [0.2, 0.25) is 0 Å². The summed E-state index contributed by atoms with van der Waals surface area (Å²) in [6.07, 6.45) is 0.764. The normalized spacial score (nSPS) is 23.1. The van der Waals surface area contributed by atoms with E-state index >= 15 is 0 Å². The van der Waals surface area contributed by atoms with E-state index in [4.69, 9.17) is 5.73 Å². The molecule has 1 aliphatic heterocycles. The van der Waals surface area contributed by atoms with Gasteiger partial charge in [0.05, 0.1) is 0 Å². The van der Waals surface area contributed by atoms with Crippen molar-refractivity contribution in [2.24, 2.45) is 5.73 Å². The lowest BCUT2D eigenvalue weighted by atomic mass is 10.3. The van der Waals surface area contributed by atoms with Crippen molar-refractivity contribution in [3.63, 3.8) is 0 Å². The maximum Gasteiger partial charge on any atom is 0.282 e. The van der Waals surface area contributed by atoms with Crippen LogP contribution in [0.5, 0.6) is 0 Å². The molecule has 0 aromatic rings. The Hall–Kier alpha value is 0.120. The first-order valence-electron chi connectivity index (χ1n) is 5.03. The molecular weight excluding hydrogens is 238 g/mol. The highest BCUT2D eigenvalue weighted by Crippen LogP contribution is 2.15. The molecule has 1 saturated heterocycles. The van der Waals surface area contributed by atoms with E-state index in [-0.39, 0.29) is 18.4 Å². The molecule has 1 atom stereocenters. The van der Waals surface area contributed by atoms with Crippen LogP contribution in [-0.4, -0.2) is 49.2 Å². The van der Waals surface area contributed by atoms with E-state index in [0.29, 0.717) is 26.2 Å². The first kappa shape index (κ1) is 15.1. The fourth-order valence-electron chi connectivity index (χ4n) is 1.68. The lowest BCUT2D eigenvalue weighted by Crippen LogP contribution is -2.43. The van der Waals surface area contributed by atoms with Gasteiger partial charge in [0, 0.05) is 32.2 Å². The van der Waals surface area contributed by atoms with Crippen molar-refractivity contribution in [1.29, 1.82) is 0 Å². The Labute approximate surface area is 98.2 Å². The highest BCUT2D eigenvalue weighted by molar-refractivity contribution is 7.86. The topological polar surface area (TPSA) is 66.6 Å². The maximum atomic E-state index is 11.9. The minimum absolute atomic E-state index is 0. The first-order chi connectivity index (χ1) is 6.52. The van der Waals surface area contributed by atoms with E-state index in [1.165, 1.54) is 8.61 Å². The second kappa shape index (κ2) is 6.00. The Morgan fingerprint density at radius 2 is 1.93 bits per heavy atom. The van der Waals surface area contributed by atoms with Crippen LogP contribution in [0.1, 0.15) is 20.3 Å². The molecule has 2 N–H and O–H groups in total. The van der Waals surface area contributed by atoms with E-state index in [0.717, 1.165) is 6.42 Å². The van der Waals surface area contributed by atoms with Crippen LogP contribution < -0.4 is 5.73 Å². The van der Waals surface area contributed by atoms with Gasteiger partial charge in [-0.3, -0.25) is 0 Å². The van der Waals surface area contributed by atoms with Crippen LogP contribution in [0.4, 0.5) is 0 Å². The molecule has 1 heterocycles. The van der Waals surface area contributed by atoms with Gasteiger partial charge < -0.3 is 5.73 Å². The highest BCUT2D eigenvalue weighted by atomic mass is 35.5. The molecule has 0 saturated carbocycles. The summed E-state index contributed by atoms with van der Waals surface area (Å²) in [5, 5.41) is 0. The molecule has 0 spiro atoms. The van der Waals surface area contributed by atoms with Crippen molar-refractivity contribution >= 4 is 22.6 Å². The molecule has 0 amide bonds. The van der Waals surface area contributed by atoms with Gasteiger partial charge in [-0.15, -0.1) is 12.4 Å². The zero-order valence-electron chi connectivity index (χ0n) is 9.22. The number of hydrogen-bond donors (Lipinski definition) is 1. The molecule has 0 aliphatic carbocycles. The molecule has 0 radical (unpaired) electrons. The SMILES string of the molecule is CCN(CC)S(=O)(=O)N1CCC(N)C1.Cl. The quantitative estimate of drug-likeness (QED) is 0.773. The second-order valence-electron chi connectivity index (χ2n) is 3.50. The summed E-state index contributed by atoms with van der Waals surface area (Å²) in [4.78, 5) is 0. The molecule has 92 valence electrons. The Kier molecular flexibility index (Phi) is 6.05. The van der Waals surface area contributed by atoms with Gasteiger partial charge in [-0.05, 0) is 6.42 Å². The molecule has 15 heavy (non-hydrogen) atoms. The summed E-state index contributed by atoms with van der Waals surface area (Å²) < 4.78 is 26.8. The largest absolute Gasteiger partial charge is 0.326 e. The zero-order chi connectivity index (χ0) is 10.8. The van der Waals surface area contributed by atoms with E-state index in [9.17, 15) is 8.42 Å². The minimum Gasteiger partial charge on any atom is -0.326 e. The van der Waals surface area contributed by atoms with Gasteiger partial charge in [0.1, 0.15) is 0 Å². The fourth-order valence-corrected chi connectivity index (χ4v) is 3.37.